The standard InChI is InChI=1S/C76H106N18O26/c1-4-38(2)16-9-7-5-6-8-10-22-58(98)85-48(26-40-33-80-44-19-13-11-17-42(40)44)69(112)88-50(29-57(79)97)71(114)92-53(32-64(107)108)73(116)94-65-39(3)120-76(119)54(27-41-34-81-45-20-14-12-18-43(41)45)93-68(111)47(23-24-61(101)102)87-74(117)55(37-95)86-60(100)35-82-66(109)51(30-62(103)104)90-70(113)49(28-56(78)96)89-72(115)52(31-63(105)106)91-67(110)46(21-15-25-77)84-59(99)36-83-75(65)118/h11-14,17-20,33-34,38-39,46-55,65,80-81,95H,4-10,15-16,21-32,35-37,77H2,1-3H3,(H2,78,96)(H2,79,97)(H,82,109)(H,83,118)(H,84,99)(H,85,98)(H,86,100)(H,87,117)(H,88,112)(H,89,115)(H,90,113)(H,91,110)(H,92,114)(H,93,111)(H,94,116)(H,101,102)(H,103,104)(H,105,106)(H,107,108). The van der Waals surface area contributed by atoms with E-state index in [0.29, 0.717) is 46.1 Å². The van der Waals surface area contributed by atoms with E-state index in [1.807, 2.05) is 21.3 Å². The molecule has 120 heavy (non-hydrogen) atoms. The zero-order chi connectivity index (χ0) is 88.9. The first kappa shape index (κ1) is 97.4. The Morgan fingerprint density at radius 3 is 1.51 bits per heavy atom. The van der Waals surface area contributed by atoms with Gasteiger partial charge in [-0.05, 0) is 68.3 Å². The number of carboxylic acids is 4. The van der Waals surface area contributed by atoms with E-state index in [1.165, 1.54) is 6.20 Å². The number of aliphatic hydroxyl groups excluding tert-OH is 1. The number of hydrogen-bond donors (Lipinski definition) is 23. The fourth-order valence-electron chi connectivity index (χ4n) is 12.6. The van der Waals surface area contributed by atoms with Crippen molar-refractivity contribution in [1.82, 2.24) is 79.1 Å². The van der Waals surface area contributed by atoms with Gasteiger partial charge in [-0.1, -0.05) is 95.2 Å². The van der Waals surface area contributed by atoms with Crippen molar-refractivity contribution in [3.63, 3.8) is 0 Å². The number of rotatable bonds is 38. The van der Waals surface area contributed by atoms with Crippen molar-refractivity contribution in [1.29, 1.82) is 0 Å². The first-order chi connectivity index (χ1) is 56.9. The minimum absolute atomic E-state index is 0.0131. The van der Waals surface area contributed by atoms with Crippen LogP contribution in [0.15, 0.2) is 60.9 Å². The number of carboxylic acid groups (broad SMARTS) is 4. The van der Waals surface area contributed by atoms with Crippen LogP contribution in [-0.2, 0) is 113 Å². The van der Waals surface area contributed by atoms with Gasteiger partial charge in [0.15, 0.2) is 0 Å². The second kappa shape index (κ2) is 49.2. The monoisotopic (exact) mass is 1690 g/mol. The number of amides is 15. The highest BCUT2D eigenvalue weighted by atomic mass is 16.5. The van der Waals surface area contributed by atoms with Crippen molar-refractivity contribution in [2.75, 3.05) is 26.2 Å². The van der Waals surface area contributed by atoms with E-state index in [-0.39, 0.29) is 31.4 Å². The van der Waals surface area contributed by atoms with E-state index in [4.69, 9.17) is 21.9 Å². The molecular formula is C76H106N18O26. The summed E-state index contributed by atoms with van der Waals surface area (Å²) in [6.07, 6.45) is -1.13. The van der Waals surface area contributed by atoms with Crippen LogP contribution in [0.5, 0.6) is 0 Å². The first-order valence-corrected chi connectivity index (χ1v) is 38.8. The van der Waals surface area contributed by atoms with E-state index in [0.717, 1.165) is 45.4 Å². The summed E-state index contributed by atoms with van der Waals surface area (Å²) in [5.41, 5.74) is 18.6. The van der Waals surface area contributed by atoms with Crippen LogP contribution in [0.2, 0.25) is 0 Å². The number of unbranched alkanes of at least 4 members (excludes halogenated alkanes) is 5. The van der Waals surface area contributed by atoms with Gasteiger partial charge in [0.1, 0.15) is 72.6 Å². The third-order valence-corrected chi connectivity index (χ3v) is 19.3. The number of aliphatic hydroxyl groups is 1. The Labute approximate surface area is 686 Å². The largest absolute Gasteiger partial charge is 0.481 e. The van der Waals surface area contributed by atoms with Crippen LogP contribution in [0, 0.1) is 5.92 Å². The molecule has 3 heterocycles. The number of ether oxygens (including phenoxy) is 1. The molecule has 44 nitrogen and oxygen atoms in total. The van der Waals surface area contributed by atoms with Gasteiger partial charge in [0.05, 0.1) is 51.8 Å². The van der Waals surface area contributed by atoms with Crippen molar-refractivity contribution in [3.8, 4) is 0 Å². The molecule has 15 amide bonds. The number of primary amides is 2. The molecule has 13 atom stereocenters. The summed E-state index contributed by atoms with van der Waals surface area (Å²) in [6.45, 7) is 1.34. The molecule has 2 aromatic heterocycles. The molecular weight excluding hydrogens is 1580 g/mol. The highest BCUT2D eigenvalue weighted by molar-refractivity contribution is 6.03. The van der Waals surface area contributed by atoms with Gasteiger partial charge in [-0.2, -0.15) is 0 Å². The molecule has 1 aliphatic heterocycles. The summed E-state index contributed by atoms with van der Waals surface area (Å²) in [5, 5.41) is 79.4. The molecule has 0 spiro atoms. The number of aromatic nitrogens is 2. The average molecular weight is 1690 g/mol. The van der Waals surface area contributed by atoms with Crippen LogP contribution >= 0.6 is 0 Å². The zero-order valence-corrected chi connectivity index (χ0v) is 66.3. The summed E-state index contributed by atoms with van der Waals surface area (Å²) in [6, 6.07) is -9.44. The van der Waals surface area contributed by atoms with Crippen molar-refractivity contribution in [2.45, 2.75) is 222 Å². The number of cyclic esters (lactones) is 1. The Hall–Kier alpha value is -13.2. The van der Waals surface area contributed by atoms with Crippen LogP contribution in [0.1, 0.15) is 147 Å². The molecule has 1 aliphatic rings. The molecule has 2 aromatic carbocycles. The molecule has 0 saturated carbocycles. The van der Waals surface area contributed by atoms with Gasteiger partial charge < -0.3 is 127 Å². The minimum atomic E-state index is -2.39. The summed E-state index contributed by atoms with van der Waals surface area (Å²) in [4.78, 5) is 279. The maximum Gasteiger partial charge on any atom is 0.329 e. The van der Waals surface area contributed by atoms with Crippen LogP contribution < -0.4 is 86.3 Å². The van der Waals surface area contributed by atoms with Gasteiger partial charge in [0, 0.05) is 59.9 Å². The number of fused-ring (bicyclic) bond motifs is 2. The molecule has 656 valence electrons. The number of carbonyl (C=O) groups is 20. The number of esters is 1. The molecule has 0 radical (unpaired) electrons. The van der Waals surface area contributed by atoms with E-state index in [2.05, 4.69) is 71.7 Å². The second-order valence-electron chi connectivity index (χ2n) is 28.8. The lowest BCUT2D eigenvalue weighted by Crippen LogP contribution is -2.61. The zero-order valence-electron chi connectivity index (χ0n) is 66.3. The number of hydrogen-bond acceptors (Lipinski definition) is 23. The van der Waals surface area contributed by atoms with Gasteiger partial charge in [-0.25, -0.2) is 4.79 Å². The summed E-state index contributed by atoms with van der Waals surface area (Å²) in [7, 11) is 0. The molecule has 0 bridgehead atoms. The lowest BCUT2D eigenvalue weighted by atomic mass is 9.99. The quantitative estimate of drug-likeness (QED) is 0.0147. The summed E-state index contributed by atoms with van der Waals surface area (Å²) < 4.78 is 5.83. The summed E-state index contributed by atoms with van der Waals surface area (Å²) >= 11 is 0. The number of benzene rings is 2. The number of H-pyrrole nitrogens is 2. The molecule has 44 heteroatoms. The number of carbonyl (C=O) groups excluding carboxylic acids is 16. The van der Waals surface area contributed by atoms with E-state index < -0.39 is 269 Å². The number of aliphatic carboxylic acids is 4. The molecule has 1 saturated heterocycles. The lowest BCUT2D eigenvalue weighted by Gasteiger charge is -2.29. The predicted molar refractivity (Wildman–Crippen MR) is 420 cm³/mol. The Morgan fingerprint density at radius 2 is 0.967 bits per heavy atom. The lowest BCUT2D eigenvalue weighted by molar-refractivity contribution is -0.156. The highest BCUT2D eigenvalue weighted by Gasteiger charge is 2.41. The predicted octanol–water partition coefficient (Wildman–Crippen LogP) is -5.12. The molecule has 0 aliphatic carbocycles. The Balaban J connectivity index is 1.59. The number of para-hydroxylation sites is 2. The summed E-state index contributed by atoms with van der Waals surface area (Å²) in [5.74, 6) is -28.0. The van der Waals surface area contributed by atoms with Crippen molar-refractivity contribution < 1.29 is 126 Å². The smallest absolute Gasteiger partial charge is 0.329 e. The number of nitrogens with one attached hydrogen (secondary N) is 15. The highest BCUT2D eigenvalue weighted by Crippen LogP contribution is 2.23. The van der Waals surface area contributed by atoms with Gasteiger partial charge >= 0.3 is 29.8 Å². The Bertz CT molecular complexity index is 4360. The first-order valence-electron chi connectivity index (χ1n) is 38.8. The van der Waals surface area contributed by atoms with E-state index in [1.54, 1.807) is 54.7 Å². The van der Waals surface area contributed by atoms with Crippen molar-refractivity contribution in [3.05, 3.63) is 72.1 Å². The van der Waals surface area contributed by atoms with Gasteiger partial charge in [0.2, 0.25) is 88.6 Å². The van der Waals surface area contributed by atoms with Gasteiger partial charge in [0.25, 0.3) is 0 Å². The maximum atomic E-state index is 15.0. The molecule has 4 aromatic rings. The minimum Gasteiger partial charge on any atom is -0.481 e. The SMILES string of the molecule is CCC(C)CCCCCCCCC(=O)NC(Cc1c[nH]c2ccccc12)C(=O)NC(CC(N)=O)C(=O)NC(CC(=O)O)C(=O)NC1C(=O)NCC(=O)NC(CCCN)C(=O)NC(CC(=O)O)C(=O)NC(CC(N)=O)C(=O)NC(CC(=O)O)C(=O)NCC(=O)NC(CO)C(=O)NC(CCC(=O)O)C(=O)NC(Cc2c[nH]c3ccccc23)C(=O)OC1C. The van der Waals surface area contributed by atoms with Crippen LogP contribution in [0.25, 0.3) is 21.8 Å². The van der Waals surface area contributed by atoms with Crippen molar-refractivity contribution >= 4 is 140 Å². The second-order valence-corrected chi connectivity index (χ2v) is 28.8. The molecule has 13 unspecified atom stereocenters. The third kappa shape index (κ3) is 33.1. The Morgan fingerprint density at radius 1 is 0.492 bits per heavy atom. The molecule has 26 N–H and O–H groups in total. The van der Waals surface area contributed by atoms with Crippen LogP contribution in [0.4, 0.5) is 0 Å². The number of aromatic amines is 2. The fraction of sp³-hybridized carbons (Fsp3) is 0.526. The van der Waals surface area contributed by atoms with E-state index >= 15 is 0 Å². The van der Waals surface area contributed by atoms with Crippen LogP contribution in [-0.4, -0.2) is 253 Å². The van der Waals surface area contributed by atoms with E-state index in [9.17, 15) is 121 Å². The van der Waals surface area contributed by atoms with Crippen molar-refractivity contribution in [2.24, 2.45) is 23.1 Å². The maximum absolute atomic E-state index is 15.0. The average Bonchev–Trinajstić information content (AvgIpc) is 1.66. The normalized spacial score (nSPS) is 20.9. The topological polar surface area (TPSA) is 718 Å². The number of nitrogens with two attached hydrogens (primary N) is 3. The molecule has 5 rings (SSSR count). The van der Waals surface area contributed by atoms with Gasteiger partial charge in [-0.15, -0.1) is 0 Å². The van der Waals surface area contributed by atoms with Crippen LogP contribution in [0.3, 0.4) is 0 Å². The van der Waals surface area contributed by atoms with Gasteiger partial charge in [-0.3, -0.25) is 91.1 Å². The third-order valence-electron chi connectivity index (χ3n) is 19.3. The fourth-order valence-corrected chi connectivity index (χ4v) is 12.6. The molecule has 1 fully saturated rings. The Kier molecular flexibility index (Phi) is 39.9.